The number of fused-ring (bicyclic) bond motifs is 5. The molecule has 5 saturated heterocycles. The van der Waals surface area contributed by atoms with Gasteiger partial charge in [-0.05, 0) is 128 Å². The number of aryl methyl sites for hydroxylation is 1. The van der Waals surface area contributed by atoms with Crippen LogP contribution in [0.3, 0.4) is 0 Å². The van der Waals surface area contributed by atoms with Gasteiger partial charge in [0.2, 0.25) is 11.8 Å². The second kappa shape index (κ2) is 17.9. The summed E-state index contributed by atoms with van der Waals surface area (Å²) < 4.78 is 39.0. The fourth-order valence-electron chi connectivity index (χ4n) is 12.6. The van der Waals surface area contributed by atoms with Crippen molar-refractivity contribution in [1.82, 2.24) is 40.3 Å². The van der Waals surface area contributed by atoms with E-state index in [9.17, 15) is 19.5 Å². The number of pyridine rings is 1. The number of hydrogen-bond acceptors (Lipinski definition) is 13. The number of nitrogens with zero attached hydrogens (tertiary/aromatic N) is 8. The summed E-state index contributed by atoms with van der Waals surface area (Å²) >= 11 is 0. The van der Waals surface area contributed by atoms with E-state index < -0.39 is 17.8 Å². The fraction of sp³-hybridized carbons (Fsp3) is 0.519. The van der Waals surface area contributed by atoms with Crippen molar-refractivity contribution in [3.8, 4) is 23.0 Å². The normalized spacial score (nSPS) is 24.3. The molecule has 2 aromatic heterocycles. The number of carbonyl (C=O) groups excluding carboxylic acids is 3. The van der Waals surface area contributed by atoms with Gasteiger partial charge in [0.15, 0.2) is 5.82 Å². The number of carbonyl (C=O) groups is 3. The molecular formula is C54H62F2N10O5. The molecule has 1 aliphatic carbocycles. The molecule has 2 bridgehead atoms. The van der Waals surface area contributed by atoms with E-state index in [1.165, 1.54) is 12.1 Å². The molecule has 3 unspecified atom stereocenters. The highest BCUT2D eigenvalue weighted by atomic mass is 19.1. The van der Waals surface area contributed by atoms with Crippen LogP contribution in [0.5, 0.6) is 11.8 Å². The number of hydrogen-bond donors (Lipinski definition) is 3. The van der Waals surface area contributed by atoms with E-state index in [2.05, 4.69) is 48.2 Å². The van der Waals surface area contributed by atoms with Gasteiger partial charge in [-0.3, -0.25) is 29.6 Å². The quantitative estimate of drug-likeness (QED) is 0.122. The third-order valence-electron chi connectivity index (χ3n) is 16.9. The lowest BCUT2D eigenvalue weighted by Crippen LogP contribution is -2.52. The number of benzene rings is 3. The number of phenols is 1. The Labute approximate surface area is 411 Å². The largest absolute Gasteiger partial charge is 0.508 e. The van der Waals surface area contributed by atoms with Crippen LogP contribution in [0.4, 0.5) is 20.3 Å². The zero-order valence-corrected chi connectivity index (χ0v) is 40.6. The lowest BCUT2D eigenvalue weighted by Gasteiger charge is -2.45. The van der Waals surface area contributed by atoms with Crippen LogP contribution < -0.4 is 25.2 Å². The molecule has 3 aromatic carbocycles. The molecule has 8 heterocycles. The van der Waals surface area contributed by atoms with E-state index >= 15 is 8.78 Å². The summed E-state index contributed by atoms with van der Waals surface area (Å²) in [5.41, 5.74) is 3.66. The van der Waals surface area contributed by atoms with Gasteiger partial charge in [-0.15, -0.1) is 0 Å². The first-order valence-electron chi connectivity index (χ1n) is 25.7. The van der Waals surface area contributed by atoms with Crippen LogP contribution in [0, 0.1) is 22.5 Å². The number of nitrogens with one attached hydrogen (secondary N) is 2. The van der Waals surface area contributed by atoms with Gasteiger partial charge in [0.1, 0.15) is 34.6 Å². The van der Waals surface area contributed by atoms with Gasteiger partial charge in [0, 0.05) is 106 Å². The Morgan fingerprint density at radius 3 is 2.34 bits per heavy atom. The summed E-state index contributed by atoms with van der Waals surface area (Å²) in [5.74, 6) is -1.34. The summed E-state index contributed by atoms with van der Waals surface area (Å²) in [4.78, 5) is 63.3. The predicted molar refractivity (Wildman–Crippen MR) is 265 cm³/mol. The lowest BCUT2D eigenvalue weighted by atomic mass is 9.79. The number of likely N-dealkylation sites (tertiary alicyclic amines) is 1. The summed E-state index contributed by atoms with van der Waals surface area (Å²) in [6.45, 7) is 14.3. The molecule has 1 saturated carbocycles. The number of aromatic nitrogens is 3. The van der Waals surface area contributed by atoms with Crippen molar-refractivity contribution in [3.05, 3.63) is 77.0 Å². The molecule has 17 heteroatoms. The van der Waals surface area contributed by atoms with Crippen LogP contribution in [0.25, 0.3) is 32.9 Å². The smallest absolute Gasteiger partial charge is 0.319 e. The van der Waals surface area contributed by atoms with Crippen LogP contribution in [-0.2, 0) is 22.6 Å². The average Bonchev–Trinajstić information content (AvgIpc) is 3.94. The Morgan fingerprint density at radius 1 is 0.845 bits per heavy atom. The van der Waals surface area contributed by atoms with E-state index in [4.69, 9.17) is 14.7 Å². The molecule has 71 heavy (non-hydrogen) atoms. The molecule has 12 rings (SSSR count). The van der Waals surface area contributed by atoms with Crippen LogP contribution in [0.1, 0.15) is 86.7 Å². The first kappa shape index (κ1) is 46.1. The van der Waals surface area contributed by atoms with Crippen molar-refractivity contribution in [2.75, 3.05) is 81.9 Å². The molecule has 3 N–H and O–H groups in total. The van der Waals surface area contributed by atoms with Crippen LogP contribution in [-0.4, -0.2) is 143 Å². The number of anilines is 2. The third kappa shape index (κ3) is 8.70. The maximum atomic E-state index is 17.2. The highest BCUT2D eigenvalue weighted by Gasteiger charge is 2.47. The van der Waals surface area contributed by atoms with Gasteiger partial charge in [-0.1, -0.05) is 19.9 Å². The van der Waals surface area contributed by atoms with Crippen LogP contribution >= 0.6 is 0 Å². The average molecular weight is 969 g/mol. The Balaban J connectivity index is 0.692. The minimum Gasteiger partial charge on any atom is -0.508 e. The zero-order chi connectivity index (χ0) is 48.8. The number of aromatic hydroxyl groups is 1. The first-order valence-corrected chi connectivity index (χ1v) is 25.7. The number of piperazine rings is 2. The van der Waals surface area contributed by atoms with Crippen molar-refractivity contribution in [2.24, 2.45) is 10.8 Å². The molecular weight excluding hydrogens is 907 g/mol. The first-order chi connectivity index (χ1) is 34.3. The standard InChI is InChI=1S/C54H62F2N10O5/c1-3-38-42(55)9-4-32-23-37(67)24-40(45(32)38)47-46(56)48-41(25-57-47)49(65-27-34-5-6-35(28-65)58-34)61-52(60-48)71-31-54(12-13-54)30-62-16-14-53(2,15-17-62)29-63-18-20-64(21-19-63)36-7-8-39-33(22-36)26-66(51(39)70)43-10-11-44(68)59-50(43)69/h4,7-9,22-25,34-35,43,58,67H,3,5-6,10-21,26-31H2,1-2H3,(H,59,68,69). The van der Waals surface area contributed by atoms with Crippen molar-refractivity contribution in [2.45, 2.75) is 96.3 Å². The maximum Gasteiger partial charge on any atom is 0.319 e. The second-order valence-electron chi connectivity index (χ2n) is 21.9. The predicted octanol–water partition coefficient (Wildman–Crippen LogP) is 6.18. The molecule has 3 atom stereocenters. The van der Waals surface area contributed by atoms with E-state index in [-0.39, 0.29) is 57.9 Å². The minimum absolute atomic E-state index is 0.00915. The van der Waals surface area contributed by atoms with Gasteiger partial charge in [-0.25, -0.2) is 8.78 Å². The van der Waals surface area contributed by atoms with E-state index in [0.717, 1.165) is 115 Å². The van der Waals surface area contributed by atoms with Gasteiger partial charge in [0.25, 0.3) is 5.91 Å². The van der Waals surface area contributed by atoms with Crippen LogP contribution in [0.2, 0.25) is 0 Å². The monoisotopic (exact) mass is 968 g/mol. The molecule has 0 radical (unpaired) electrons. The lowest BCUT2D eigenvalue weighted by molar-refractivity contribution is -0.136. The zero-order valence-electron chi connectivity index (χ0n) is 40.6. The highest BCUT2D eigenvalue weighted by molar-refractivity contribution is 6.06. The topological polar surface area (TPSA) is 160 Å². The molecule has 6 aliphatic heterocycles. The van der Waals surface area contributed by atoms with Gasteiger partial charge < -0.3 is 34.8 Å². The summed E-state index contributed by atoms with van der Waals surface area (Å²) in [6, 6.07) is 12.2. The van der Waals surface area contributed by atoms with Crippen LogP contribution in [0.15, 0.2) is 48.7 Å². The third-order valence-corrected chi connectivity index (χ3v) is 16.9. The molecule has 3 amide bonds. The molecule has 15 nitrogen and oxygen atoms in total. The number of imide groups is 1. The van der Waals surface area contributed by atoms with Crippen molar-refractivity contribution in [1.29, 1.82) is 0 Å². The fourth-order valence-corrected chi connectivity index (χ4v) is 12.6. The summed E-state index contributed by atoms with van der Waals surface area (Å²) in [6.07, 6.45) is 9.01. The molecule has 0 spiro atoms. The SMILES string of the molecule is CCc1c(F)ccc2cc(O)cc(-c3ncc4c(N5CC6CCC(C5)N6)nc(OCC5(CN6CCC(C)(CN7CCN(c8ccc9c(c8)CN(C8CCC(=O)NC8=O)C9=O)CC7)CC6)CC5)nc4c3F)c12. The van der Waals surface area contributed by atoms with Crippen molar-refractivity contribution in [3.63, 3.8) is 0 Å². The molecule has 7 aliphatic rings. The highest BCUT2D eigenvalue weighted by Crippen LogP contribution is 2.48. The van der Waals surface area contributed by atoms with Gasteiger partial charge >= 0.3 is 6.01 Å². The van der Waals surface area contributed by atoms with E-state index in [1.54, 1.807) is 23.2 Å². The Kier molecular flexibility index (Phi) is 11.6. The number of phenolic OH excluding ortho intramolecular Hbond substituents is 1. The minimum atomic E-state index is -0.661. The molecule has 6 fully saturated rings. The number of ether oxygens (including phenoxy) is 1. The van der Waals surface area contributed by atoms with Gasteiger partial charge in [0.05, 0.1) is 12.0 Å². The number of amides is 3. The van der Waals surface area contributed by atoms with Crippen molar-refractivity contribution < 1.29 is 33.0 Å². The maximum absolute atomic E-state index is 17.2. The Bertz CT molecular complexity index is 2960. The molecule has 5 aromatic rings. The summed E-state index contributed by atoms with van der Waals surface area (Å²) in [7, 11) is 0. The Hall–Kier alpha value is -6.04. The number of halogens is 2. The number of piperidine rings is 2. The van der Waals surface area contributed by atoms with E-state index in [0.29, 0.717) is 76.7 Å². The summed E-state index contributed by atoms with van der Waals surface area (Å²) in [5, 5.41) is 18.4. The molecule has 372 valence electrons. The van der Waals surface area contributed by atoms with Gasteiger partial charge in [-0.2, -0.15) is 9.97 Å². The number of rotatable bonds is 12. The van der Waals surface area contributed by atoms with E-state index in [1.807, 2.05) is 19.1 Å². The second-order valence-corrected chi connectivity index (χ2v) is 21.9. The Morgan fingerprint density at radius 2 is 1.61 bits per heavy atom. The van der Waals surface area contributed by atoms with Crippen molar-refractivity contribution >= 4 is 50.9 Å².